The fourth-order valence-electron chi connectivity index (χ4n) is 3.41. The van der Waals surface area contributed by atoms with Gasteiger partial charge in [0.2, 0.25) is 0 Å². The molecule has 0 spiro atoms. The molecule has 8 nitrogen and oxygen atoms in total. The fourth-order valence-corrected chi connectivity index (χ4v) is 3.57. The number of fused-ring (bicyclic) bond motifs is 1. The molecule has 0 aliphatic rings. The monoisotopic (exact) mass is 480 g/mol. The zero-order valence-electron chi connectivity index (χ0n) is 17.6. The van der Waals surface area contributed by atoms with Crippen LogP contribution in [0.1, 0.15) is 37.8 Å². The van der Waals surface area contributed by atoms with Crippen molar-refractivity contribution in [1.29, 1.82) is 5.26 Å². The Morgan fingerprint density at radius 1 is 1.21 bits per heavy atom. The number of nitrogens with two attached hydrogens (primary N) is 1. The molecule has 2 aromatic heterocycles. The lowest BCUT2D eigenvalue weighted by atomic mass is 10.1. The maximum atomic E-state index is 14.0. The van der Waals surface area contributed by atoms with Crippen molar-refractivity contribution in [2.24, 2.45) is 5.73 Å². The summed E-state index contributed by atoms with van der Waals surface area (Å²) in [6.07, 6.45) is 0. The summed E-state index contributed by atoms with van der Waals surface area (Å²) in [7, 11) is 0. The van der Waals surface area contributed by atoms with Crippen LogP contribution in [0, 0.1) is 29.9 Å². The number of nitrogens with one attached hydrogen (secondary N) is 1. The molecule has 2 heterocycles. The van der Waals surface area contributed by atoms with Crippen molar-refractivity contribution in [2.75, 3.05) is 5.32 Å². The van der Waals surface area contributed by atoms with Crippen molar-refractivity contribution in [3.8, 4) is 6.07 Å². The van der Waals surface area contributed by atoms with E-state index in [9.17, 15) is 23.6 Å². The number of carbonyl (C=O) groups excluding carboxylic acids is 2. The molecule has 34 heavy (non-hydrogen) atoms. The SMILES string of the molecule is Cc1c(NC(=O)c2cc(C(N)=O)nc3cc(F)c(Cl)cc23)c(C#N)nn1Cc1ccc(F)cc1. The van der Waals surface area contributed by atoms with Crippen molar-refractivity contribution < 1.29 is 18.4 Å². The summed E-state index contributed by atoms with van der Waals surface area (Å²) in [5.41, 5.74) is 6.33. The summed E-state index contributed by atoms with van der Waals surface area (Å²) < 4.78 is 28.6. The summed E-state index contributed by atoms with van der Waals surface area (Å²) >= 11 is 5.88. The number of nitriles is 1. The maximum Gasteiger partial charge on any atom is 0.267 e. The molecule has 170 valence electrons. The van der Waals surface area contributed by atoms with Crippen LogP contribution >= 0.6 is 11.6 Å². The third-order valence-corrected chi connectivity index (χ3v) is 5.43. The van der Waals surface area contributed by atoms with Gasteiger partial charge in [-0.3, -0.25) is 14.3 Å². The van der Waals surface area contributed by atoms with Crippen molar-refractivity contribution in [1.82, 2.24) is 14.8 Å². The van der Waals surface area contributed by atoms with Gasteiger partial charge in [-0.15, -0.1) is 0 Å². The highest BCUT2D eigenvalue weighted by atomic mass is 35.5. The Bertz CT molecular complexity index is 1510. The molecule has 0 atom stereocenters. The predicted molar refractivity (Wildman–Crippen MR) is 120 cm³/mol. The quantitative estimate of drug-likeness (QED) is 0.447. The Hall–Kier alpha value is -4.36. The number of amides is 2. The predicted octanol–water partition coefficient (Wildman–Crippen LogP) is 3.94. The lowest BCUT2D eigenvalue weighted by molar-refractivity contribution is 0.0996. The van der Waals surface area contributed by atoms with E-state index in [0.717, 1.165) is 11.6 Å². The number of anilines is 1. The van der Waals surface area contributed by atoms with Crippen LogP contribution in [0.15, 0.2) is 42.5 Å². The highest BCUT2D eigenvalue weighted by molar-refractivity contribution is 6.31. The van der Waals surface area contributed by atoms with Crippen molar-refractivity contribution >= 4 is 40.0 Å². The van der Waals surface area contributed by atoms with E-state index in [1.165, 1.54) is 28.9 Å². The molecule has 2 amide bonds. The number of pyridine rings is 1. The highest BCUT2D eigenvalue weighted by Gasteiger charge is 2.22. The Morgan fingerprint density at radius 2 is 1.91 bits per heavy atom. The number of aromatic nitrogens is 3. The smallest absolute Gasteiger partial charge is 0.267 e. The number of primary amides is 1. The van der Waals surface area contributed by atoms with Gasteiger partial charge in [0, 0.05) is 11.5 Å². The molecule has 0 aliphatic heterocycles. The first-order valence-corrected chi connectivity index (χ1v) is 10.2. The van der Waals surface area contributed by atoms with Gasteiger partial charge in [-0.25, -0.2) is 13.8 Å². The number of halogens is 3. The molecule has 0 radical (unpaired) electrons. The van der Waals surface area contributed by atoms with Gasteiger partial charge in [-0.2, -0.15) is 10.4 Å². The van der Waals surface area contributed by atoms with E-state index in [1.54, 1.807) is 19.1 Å². The van der Waals surface area contributed by atoms with Crippen molar-refractivity contribution in [3.63, 3.8) is 0 Å². The number of hydrogen-bond donors (Lipinski definition) is 2. The normalized spacial score (nSPS) is 10.8. The summed E-state index contributed by atoms with van der Waals surface area (Å²) in [6, 6.07) is 11.1. The summed E-state index contributed by atoms with van der Waals surface area (Å²) in [5, 5.41) is 16.3. The van der Waals surface area contributed by atoms with Gasteiger partial charge < -0.3 is 11.1 Å². The molecule has 0 fully saturated rings. The first kappa shape index (κ1) is 22.8. The van der Waals surface area contributed by atoms with Gasteiger partial charge in [0.05, 0.1) is 28.3 Å². The van der Waals surface area contributed by atoms with Gasteiger partial charge >= 0.3 is 0 Å². The average Bonchev–Trinajstić information content (AvgIpc) is 3.09. The summed E-state index contributed by atoms with van der Waals surface area (Å²) in [5.74, 6) is -2.78. The lowest BCUT2D eigenvalue weighted by Crippen LogP contribution is -2.18. The van der Waals surface area contributed by atoms with Crippen LogP contribution < -0.4 is 11.1 Å². The largest absolute Gasteiger partial charge is 0.364 e. The molecular formula is C23H15ClF2N6O2. The van der Waals surface area contributed by atoms with Gasteiger partial charge in [0.25, 0.3) is 11.8 Å². The molecule has 2 aromatic carbocycles. The molecule has 0 bridgehead atoms. The molecule has 0 unspecified atom stereocenters. The number of carbonyl (C=O) groups is 2. The van der Waals surface area contributed by atoms with Gasteiger partial charge in [0.1, 0.15) is 29.1 Å². The zero-order chi connectivity index (χ0) is 24.6. The first-order valence-electron chi connectivity index (χ1n) is 9.81. The molecule has 11 heteroatoms. The van der Waals surface area contributed by atoms with E-state index < -0.39 is 17.6 Å². The van der Waals surface area contributed by atoms with Crippen LogP contribution in [-0.4, -0.2) is 26.6 Å². The van der Waals surface area contributed by atoms with E-state index in [2.05, 4.69) is 15.4 Å². The Balaban J connectivity index is 1.75. The first-order chi connectivity index (χ1) is 16.2. The van der Waals surface area contributed by atoms with Crippen LogP contribution in [0.2, 0.25) is 5.02 Å². The van der Waals surface area contributed by atoms with E-state index >= 15 is 0 Å². The van der Waals surface area contributed by atoms with E-state index in [-0.39, 0.29) is 50.9 Å². The Kier molecular flexibility index (Phi) is 5.96. The second-order valence-corrected chi connectivity index (χ2v) is 7.77. The van der Waals surface area contributed by atoms with E-state index in [4.69, 9.17) is 17.3 Å². The maximum absolute atomic E-state index is 14.0. The second kappa shape index (κ2) is 8.88. The van der Waals surface area contributed by atoms with Gasteiger partial charge in [0.15, 0.2) is 5.69 Å². The zero-order valence-corrected chi connectivity index (χ0v) is 18.3. The van der Waals surface area contributed by atoms with Crippen LogP contribution in [-0.2, 0) is 6.54 Å². The van der Waals surface area contributed by atoms with Crippen LogP contribution in [0.5, 0.6) is 0 Å². The van der Waals surface area contributed by atoms with Crippen LogP contribution in [0.4, 0.5) is 14.5 Å². The summed E-state index contributed by atoms with van der Waals surface area (Å²) in [4.78, 5) is 28.9. The lowest BCUT2D eigenvalue weighted by Gasteiger charge is -2.11. The third-order valence-electron chi connectivity index (χ3n) is 5.14. The van der Waals surface area contributed by atoms with Crippen molar-refractivity contribution in [3.05, 3.63) is 87.3 Å². The molecule has 4 aromatic rings. The van der Waals surface area contributed by atoms with Crippen LogP contribution in [0.3, 0.4) is 0 Å². The van der Waals surface area contributed by atoms with Crippen LogP contribution in [0.25, 0.3) is 10.9 Å². The number of benzene rings is 2. The minimum atomic E-state index is -0.910. The molecule has 3 N–H and O–H groups in total. The Labute approximate surface area is 196 Å². The fraction of sp³-hybridized carbons (Fsp3) is 0.0870. The molecule has 0 saturated carbocycles. The highest BCUT2D eigenvalue weighted by Crippen LogP contribution is 2.27. The van der Waals surface area contributed by atoms with E-state index in [0.29, 0.717) is 5.69 Å². The number of nitrogens with zero attached hydrogens (tertiary/aromatic N) is 4. The molecular weight excluding hydrogens is 466 g/mol. The van der Waals surface area contributed by atoms with Gasteiger partial charge in [-0.1, -0.05) is 23.7 Å². The second-order valence-electron chi connectivity index (χ2n) is 7.36. The number of rotatable bonds is 5. The summed E-state index contributed by atoms with van der Waals surface area (Å²) in [6.45, 7) is 1.88. The number of hydrogen-bond acceptors (Lipinski definition) is 5. The standard InChI is InChI=1S/C23H15ClF2N6O2/c1-11-21(20(9-27)31-32(11)10-12-2-4-13(25)5-3-12)30-23(34)15-7-19(22(28)33)29-18-8-17(26)16(24)6-14(15)18/h2-8H,10H2,1H3,(H2,28,33)(H,30,34). The van der Waals surface area contributed by atoms with E-state index in [1.807, 2.05) is 6.07 Å². The average molecular weight is 481 g/mol. The van der Waals surface area contributed by atoms with Crippen molar-refractivity contribution in [2.45, 2.75) is 13.5 Å². The third kappa shape index (κ3) is 4.29. The molecule has 4 rings (SSSR count). The minimum Gasteiger partial charge on any atom is -0.364 e. The topological polar surface area (TPSA) is 127 Å². The molecule has 0 aliphatic carbocycles. The minimum absolute atomic E-state index is 0.00702. The molecule has 0 saturated heterocycles. The van der Waals surface area contributed by atoms with Gasteiger partial charge in [-0.05, 0) is 36.8 Å². The Morgan fingerprint density at radius 3 is 2.56 bits per heavy atom.